The lowest BCUT2D eigenvalue weighted by Crippen LogP contribution is -2.27. The Bertz CT molecular complexity index is 850. The standard InChI is InChI=1S/C45H78O4/c1-3-5-7-9-11-13-15-17-19-20-21-22-23-24-25-27-29-31-33-35-37-39-41-48-43-44(42-46)49-45(47)40-38-36-34-32-30-28-26-18-16-14-12-10-8-6-4-2/h6,8,12,14,18,20-21,26,30,32,36,38,44,46H,3-5,7,9-11,13,15-17,19,22-25,27-29,31,33-35,37,39-43H2,1-2H3/b8-6-,14-12-,21-20-,26-18-,32-30-,38-36-. The summed E-state index contributed by atoms with van der Waals surface area (Å²) in [6.07, 6.45) is 57.0. The third-order valence-electron chi connectivity index (χ3n) is 8.55. The summed E-state index contributed by atoms with van der Waals surface area (Å²) in [6, 6.07) is 0. The van der Waals surface area contributed by atoms with E-state index in [-0.39, 0.29) is 25.6 Å². The van der Waals surface area contributed by atoms with Gasteiger partial charge in [-0.3, -0.25) is 4.79 Å². The molecule has 0 fully saturated rings. The Morgan fingerprint density at radius 3 is 1.37 bits per heavy atom. The summed E-state index contributed by atoms with van der Waals surface area (Å²) < 4.78 is 11.0. The van der Waals surface area contributed by atoms with E-state index < -0.39 is 6.10 Å². The Hall–Kier alpha value is -2.17. The highest BCUT2D eigenvalue weighted by molar-refractivity contribution is 5.71. The van der Waals surface area contributed by atoms with Gasteiger partial charge in [-0.15, -0.1) is 0 Å². The van der Waals surface area contributed by atoms with Crippen LogP contribution in [0.2, 0.25) is 0 Å². The quantitative estimate of drug-likeness (QED) is 0.0402. The first-order valence-corrected chi connectivity index (χ1v) is 20.5. The van der Waals surface area contributed by atoms with Crippen molar-refractivity contribution >= 4 is 5.97 Å². The first-order valence-electron chi connectivity index (χ1n) is 20.5. The molecule has 0 radical (unpaired) electrons. The zero-order valence-corrected chi connectivity index (χ0v) is 32.2. The molecule has 0 bridgehead atoms. The van der Waals surface area contributed by atoms with Crippen LogP contribution in [0.4, 0.5) is 0 Å². The van der Waals surface area contributed by atoms with Crippen LogP contribution in [0, 0.1) is 0 Å². The number of aliphatic hydroxyl groups excluding tert-OH is 1. The fraction of sp³-hybridized carbons (Fsp3) is 0.711. The number of allylic oxidation sites excluding steroid dienone is 11. The van der Waals surface area contributed by atoms with Gasteiger partial charge in [-0.05, 0) is 64.2 Å². The number of carbonyl (C=O) groups is 1. The summed E-state index contributed by atoms with van der Waals surface area (Å²) in [7, 11) is 0. The van der Waals surface area contributed by atoms with Crippen molar-refractivity contribution in [2.75, 3.05) is 19.8 Å². The average molecular weight is 683 g/mol. The van der Waals surface area contributed by atoms with E-state index in [1.54, 1.807) is 0 Å². The first kappa shape index (κ1) is 46.8. The first-order chi connectivity index (χ1) is 24.2. The maximum atomic E-state index is 12.1. The van der Waals surface area contributed by atoms with Gasteiger partial charge < -0.3 is 14.6 Å². The minimum absolute atomic E-state index is 0.209. The van der Waals surface area contributed by atoms with Crippen LogP contribution in [0.25, 0.3) is 0 Å². The Kier molecular flexibility index (Phi) is 40.1. The third-order valence-corrected chi connectivity index (χ3v) is 8.55. The van der Waals surface area contributed by atoms with Crippen molar-refractivity contribution in [3.63, 3.8) is 0 Å². The topological polar surface area (TPSA) is 55.8 Å². The Morgan fingerprint density at radius 2 is 0.918 bits per heavy atom. The molecule has 49 heavy (non-hydrogen) atoms. The molecule has 4 heteroatoms. The van der Waals surface area contributed by atoms with E-state index in [9.17, 15) is 9.90 Å². The number of aliphatic hydroxyl groups is 1. The van der Waals surface area contributed by atoms with Crippen molar-refractivity contribution in [2.45, 2.75) is 187 Å². The van der Waals surface area contributed by atoms with Gasteiger partial charge in [-0.2, -0.15) is 0 Å². The molecule has 0 aromatic rings. The zero-order valence-electron chi connectivity index (χ0n) is 32.2. The monoisotopic (exact) mass is 683 g/mol. The zero-order chi connectivity index (χ0) is 35.6. The van der Waals surface area contributed by atoms with Crippen LogP contribution in [0.15, 0.2) is 72.9 Å². The Balaban J connectivity index is 3.52. The van der Waals surface area contributed by atoms with Gasteiger partial charge in [0.15, 0.2) is 0 Å². The number of hydrogen-bond donors (Lipinski definition) is 1. The fourth-order valence-corrected chi connectivity index (χ4v) is 5.52. The largest absolute Gasteiger partial charge is 0.457 e. The minimum atomic E-state index is -0.592. The Morgan fingerprint density at radius 1 is 0.510 bits per heavy atom. The van der Waals surface area contributed by atoms with E-state index in [4.69, 9.17) is 9.47 Å². The molecule has 0 saturated heterocycles. The molecule has 1 atom stereocenters. The summed E-state index contributed by atoms with van der Waals surface area (Å²) in [5.74, 6) is -0.328. The third kappa shape index (κ3) is 40.1. The maximum absolute atomic E-state index is 12.1. The SMILES string of the molecule is CC/C=C\C/C=C\C/C=C\C/C=C\C/C=C\CC(=O)OC(CO)COCCCCCCCCCCCC/C=C\CCCCCCCCCC. The van der Waals surface area contributed by atoms with Gasteiger partial charge in [0.1, 0.15) is 6.10 Å². The summed E-state index contributed by atoms with van der Waals surface area (Å²) in [5.41, 5.74) is 0. The number of esters is 1. The molecule has 0 aliphatic rings. The molecule has 1 N–H and O–H groups in total. The number of ether oxygens (including phenoxy) is 2. The lowest BCUT2D eigenvalue weighted by molar-refractivity contribution is -0.153. The highest BCUT2D eigenvalue weighted by Crippen LogP contribution is 2.13. The molecule has 0 aromatic carbocycles. The highest BCUT2D eigenvalue weighted by Gasteiger charge is 2.12. The molecule has 1 unspecified atom stereocenters. The molecule has 282 valence electrons. The molecule has 0 aromatic heterocycles. The molecule has 0 aliphatic carbocycles. The van der Waals surface area contributed by atoms with Crippen LogP contribution in [-0.2, 0) is 14.3 Å². The van der Waals surface area contributed by atoms with Crippen LogP contribution < -0.4 is 0 Å². The van der Waals surface area contributed by atoms with E-state index in [0.29, 0.717) is 6.61 Å². The van der Waals surface area contributed by atoms with E-state index in [0.717, 1.165) is 38.5 Å². The van der Waals surface area contributed by atoms with E-state index in [1.165, 1.54) is 122 Å². The lowest BCUT2D eigenvalue weighted by atomic mass is 10.1. The molecule has 0 amide bonds. The fourth-order valence-electron chi connectivity index (χ4n) is 5.52. The molecule has 4 nitrogen and oxygen atoms in total. The number of carbonyl (C=O) groups excluding carboxylic acids is 1. The summed E-state index contributed by atoms with van der Waals surface area (Å²) in [6.45, 7) is 5.12. The maximum Gasteiger partial charge on any atom is 0.310 e. The minimum Gasteiger partial charge on any atom is -0.457 e. The Labute approximate surface area is 304 Å². The number of hydrogen-bond acceptors (Lipinski definition) is 4. The second-order valence-corrected chi connectivity index (χ2v) is 13.3. The molecule has 0 spiro atoms. The van der Waals surface area contributed by atoms with Crippen molar-refractivity contribution in [1.82, 2.24) is 0 Å². The number of rotatable bonds is 37. The molecule has 0 aliphatic heterocycles. The molecular formula is C45H78O4. The van der Waals surface area contributed by atoms with Crippen LogP contribution in [0.5, 0.6) is 0 Å². The second-order valence-electron chi connectivity index (χ2n) is 13.3. The van der Waals surface area contributed by atoms with Crippen LogP contribution in [0.3, 0.4) is 0 Å². The predicted octanol–water partition coefficient (Wildman–Crippen LogP) is 13.4. The van der Waals surface area contributed by atoms with Crippen molar-refractivity contribution in [2.24, 2.45) is 0 Å². The van der Waals surface area contributed by atoms with Crippen molar-refractivity contribution in [1.29, 1.82) is 0 Å². The average Bonchev–Trinajstić information content (AvgIpc) is 3.11. The van der Waals surface area contributed by atoms with Crippen molar-refractivity contribution in [3.8, 4) is 0 Å². The van der Waals surface area contributed by atoms with Gasteiger partial charge in [0.2, 0.25) is 0 Å². The van der Waals surface area contributed by atoms with E-state index in [1.807, 2.05) is 12.2 Å². The van der Waals surface area contributed by atoms with Crippen LogP contribution in [0.1, 0.15) is 181 Å². The van der Waals surface area contributed by atoms with Crippen LogP contribution in [-0.4, -0.2) is 37.0 Å². The van der Waals surface area contributed by atoms with Gasteiger partial charge in [0.05, 0.1) is 19.6 Å². The van der Waals surface area contributed by atoms with Crippen LogP contribution >= 0.6 is 0 Å². The summed E-state index contributed by atoms with van der Waals surface area (Å²) >= 11 is 0. The van der Waals surface area contributed by atoms with E-state index in [2.05, 4.69) is 74.6 Å². The second kappa shape index (κ2) is 42.0. The van der Waals surface area contributed by atoms with Gasteiger partial charge in [0, 0.05) is 6.61 Å². The normalized spacial score (nSPS) is 13.1. The molecule has 0 saturated carbocycles. The summed E-state index contributed by atoms with van der Waals surface area (Å²) in [4.78, 5) is 12.1. The molecule has 0 heterocycles. The predicted molar refractivity (Wildman–Crippen MR) is 214 cm³/mol. The molecular weight excluding hydrogens is 604 g/mol. The number of unbranched alkanes of at least 4 members (excludes halogenated alkanes) is 18. The van der Waals surface area contributed by atoms with Crippen molar-refractivity contribution < 1.29 is 19.4 Å². The van der Waals surface area contributed by atoms with Gasteiger partial charge in [-0.1, -0.05) is 183 Å². The van der Waals surface area contributed by atoms with Gasteiger partial charge in [-0.25, -0.2) is 0 Å². The van der Waals surface area contributed by atoms with E-state index >= 15 is 0 Å². The lowest BCUT2D eigenvalue weighted by Gasteiger charge is -2.15. The summed E-state index contributed by atoms with van der Waals surface area (Å²) in [5, 5.41) is 9.56. The van der Waals surface area contributed by atoms with Gasteiger partial charge in [0.25, 0.3) is 0 Å². The smallest absolute Gasteiger partial charge is 0.310 e. The van der Waals surface area contributed by atoms with Crippen molar-refractivity contribution in [3.05, 3.63) is 72.9 Å². The highest BCUT2D eigenvalue weighted by atomic mass is 16.6. The van der Waals surface area contributed by atoms with Gasteiger partial charge >= 0.3 is 5.97 Å². The molecule has 0 rings (SSSR count).